The Morgan fingerprint density at radius 3 is 2.43 bits per heavy atom. The number of nitrogens with zero attached hydrogens (tertiary/aromatic N) is 2. The van der Waals surface area contributed by atoms with Crippen LogP contribution in [0.4, 0.5) is 0 Å². The van der Waals surface area contributed by atoms with Crippen LogP contribution in [0.25, 0.3) is 0 Å². The molecule has 0 bridgehead atoms. The minimum absolute atomic E-state index is 0.100. The van der Waals surface area contributed by atoms with Crippen molar-refractivity contribution in [1.29, 1.82) is 0 Å². The van der Waals surface area contributed by atoms with Gasteiger partial charge in [-0.2, -0.15) is 0 Å². The van der Waals surface area contributed by atoms with Crippen molar-refractivity contribution < 1.29 is 4.79 Å². The molecule has 2 aliphatic heterocycles. The Morgan fingerprint density at radius 1 is 1.04 bits per heavy atom. The second-order valence-electron chi connectivity index (χ2n) is 7.32. The Morgan fingerprint density at radius 2 is 1.74 bits per heavy atom. The van der Waals surface area contributed by atoms with E-state index in [0.717, 1.165) is 51.9 Å². The topological polar surface area (TPSA) is 23.6 Å². The summed E-state index contributed by atoms with van der Waals surface area (Å²) in [6, 6.07) is 10.6. The number of likely N-dealkylation sites (tertiary alicyclic amines) is 2. The summed E-state index contributed by atoms with van der Waals surface area (Å²) in [5.74, 6) is 1.79. The summed E-state index contributed by atoms with van der Waals surface area (Å²) in [6.45, 7) is 3.90. The van der Waals surface area contributed by atoms with Gasteiger partial charge < -0.3 is 4.90 Å². The quantitative estimate of drug-likeness (QED) is 0.801. The largest absolute Gasteiger partial charge is 0.341 e. The first kappa shape index (κ1) is 14.9. The standard InChI is InChI=1S/C20H26N2O/c23-20(22-14-17-9-4-5-10-18(17)15-22)19-11-6-12-21(19)13-16-7-2-1-3-8-16/h1-5,7-8,17-19H,6,9-15H2/t17-,18+,19-/m0/s1. The second kappa shape index (κ2) is 6.48. The van der Waals surface area contributed by atoms with Gasteiger partial charge in [-0.1, -0.05) is 42.5 Å². The molecule has 0 saturated carbocycles. The summed E-state index contributed by atoms with van der Waals surface area (Å²) in [4.78, 5) is 17.6. The van der Waals surface area contributed by atoms with Crippen molar-refractivity contribution in [2.45, 2.75) is 38.3 Å². The van der Waals surface area contributed by atoms with E-state index in [1.54, 1.807) is 0 Å². The Balaban J connectivity index is 1.41. The van der Waals surface area contributed by atoms with Crippen molar-refractivity contribution in [2.75, 3.05) is 19.6 Å². The van der Waals surface area contributed by atoms with Crippen LogP contribution < -0.4 is 0 Å². The Labute approximate surface area is 139 Å². The van der Waals surface area contributed by atoms with Gasteiger partial charge in [0.2, 0.25) is 5.91 Å². The lowest BCUT2D eigenvalue weighted by atomic mass is 9.86. The minimum Gasteiger partial charge on any atom is -0.341 e. The number of hydrogen-bond acceptors (Lipinski definition) is 2. The molecule has 3 nitrogen and oxygen atoms in total. The molecule has 0 spiro atoms. The fourth-order valence-corrected chi connectivity index (χ4v) is 4.52. The molecular formula is C20H26N2O. The number of hydrogen-bond donors (Lipinski definition) is 0. The molecule has 1 amide bonds. The molecule has 0 radical (unpaired) electrons. The van der Waals surface area contributed by atoms with Gasteiger partial charge in [-0.15, -0.1) is 0 Å². The molecule has 3 aliphatic rings. The first-order valence-corrected chi connectivity index (χ1v) is 9.03. The summed E-state index contributed by atoms with van der Waals surface area (Å²) in [5.41, 5.74) is 1.31. The molecule has 1 aliphatic carbocycles. The zero-order valence-corrected chi connectivity index (χ0v) is 13.7. The molecule has 4 rings (SSSR count). The van der Waals surface area contributed by atoms with Crippen LogP contribution in [0, 0.1) is 11.8 Å². The van der Waals surface area contributed by atoms with Crippen LogP contribution in [0.5, 0.6) is 0 Å². The van der Waals surface area contributed by atoms with Gasteiger partial charge in [0, 0.05) is 19.6 Å². The molecule has 0 N–H and O–H groups in total. The predicted octanol–water partition coefficient (Wildman–Crippen LogP) is 3.08. The highest BCUT2D eigenvalue weighted by Gasteiger charge is 2.40. The highest BCUT2D eigenvalue weighted by molar-refractivity contribution is 5.82. The zero-order chi connectivity index (χ0) is 15.6. The fourth-order valence-electron chi connectivity index (χ4n) is 4.52. The van der Waals surface area contributed by atoms with Gasteiger partial charge in [0.15, 0.2) is 0 Å². The van der Waals surface area contributed by atoms with E-state index in [4.69, 9.17) is 0 Å². The van der Waals surface area contributed by atoms with Crippen LogP contribution in [-0.4, -0.2) is 41.4 Å². The van der Waals surface area contributed by atoms with E-state index in [-0.39, 0.29) is 6.04 Å². The summed E-state index contributed by atoms with van der Waals surface area (Å²) in [6.07, 6.45) is 9.08. The van der Waals surface area contributed by atoms with Crippen molar-refractivity contribution in [3.05, 3.63) is 48.0 Å². The smallest absolute Gasteiger partial charge is 0.239 e. The van der Waals surface area contributed by atoms with Crippen LogP contribution >= 0.6 is 0 Å². The third-order valence-corrected chi connectivity index (χ3v) is 5.81. The molecule has 2 heterocycles. The molecule has 1 aromatic carbocycles. The van der Waals surface area contributed by atoms with Crippen LogP contribution in [-0.2, 0) is 11.3 Å². The number of allylic oxidation sites excluding steroid dienone is 2. The van der Waals surface area contributed by atoms with E-state index < -0.39 is 0 Å². The van der Waals surface area contributed by atoms with Gasteiger partial charge in [-0.25, -0.2) is 0 Å². The van der Waals surface area contributed by atoms with Gasteiger partial charge in [0.25, 0.3) is 0 Å². The number of carbonyl (C=O) groups excluding carboxylic acids is 1. The highest BCUT2D eigenvalue weighted by Crippen LogP contribution is 2.34. The lowest BCUT2D eigenvalue weighted by molar-refractivity contribution is -0.135. The average Bonchev–Trinajstić information content (AvgIpc) is 3.21. The Kier molecular flexibility index (Phi) is 4.21. The van der Waals surface area contributed by atoms with E-state index in [1.807, 2.05) is 0 Å². The van der Waals surface area contributed by atoms with Crippen molar-refractivity contribution in [3.8, 4) is 0 Å². The van der Waals surface area contributed by atoms with E-state index >= 15 is 0 Å². The van der Waals surface area contributed by atoms with E-state index in [9.17, 15) is 4.79 Å². The van der Waals surface area contributed by atoms with E-state index in [2.05, 4.69) is 52.3 Å². The van der Waals surface area contributed by atoms with Gasteiger partial charge in [0.1, 0.15) is 0 Å². The van der Waals surface area contributed by atoms with Crippen LogP contribution in [0.3, 0.4) is 0 Å². The maximum absolute atomic E-state index is 13.1. The average molecular weight is 310 g/mol. The number of amides is 1. The van der Waals surface area contributed by atoms with Crippen molar-refractivity contribution in [1.82, 2.24) is 9.80 Å². The molecule has 2 saturated heterocycles. The van der Waals surface area contributed by atoms with Crippen LogP contribution in [0.2, 0.25) is 0 Å². The summed E-state index contributed by atoms with van der Waals surface area (Å²) >= 11 is 0. The Bertz CT molecular complexity index is 567. The van der Waals surface area contributed by atoms with E-state index in [0.29, 0.717) is 17.7 Å². The van der Waals surface area contributed by atoms with Gasteiger partial charge in [-0.3, -0.25) is 9.69 Å². The number of benzene rings is 1. The summed E-state index contributed by atoms with van der Waals surface area (Å²) in [5, 5.41) is 0. The van der Waals surface area contributed by atoms with Crippen LogP contribution in [0.1, 0.15) is 31.2 Å². The predicted molar refractivity (Wildman–Crippen MR) is 91.8 cm³/mol. The van der Waals surface area contributed by atoms with Crippen molar-refractivity contribution in [3.63, 3.8) is 0 Å². The fraction of sp³-hybridized carbons (Fsp3) is 0.550. The van der Waals surface area contributed by atoms with Crippen molar-refractivity contribution in [2.24, 2.45) is 11.8 Å². The monoisotopic (exact) mass is 310 g/mol. The van der Waals surface area contributed by atoms with Gasteiger partial charge >= 0.3 is 0 Å². The summed E-state index contributed by atoms with van der Waals surface area (Å²) < 4.78 is 0. The molecular weight excluding hydrogens is 284 g/mol. The molecule has 3 atom stereocenters. The molecule has 0 aromatic heterocycles. The first-order valence-electron chi connectivity index (χ1n) is 9.03. The maximum atomic E-state index is 13.1. The second-order valence-corrected chi connectivity index (χ2v) is 7.32. The first-order chi connectivity index (χ1) is 11.3. The van der Waals surface area contributed by atoms with Gasteiger partial charge in [-0.05, 0) is 49.6 Å². The number of carbonyl (C=O) groups is 1. The van der Waals surface area contributed by atoms with Gasteiger partial charge in [0.05, 0.1) is 6.04 Å². The third kappa shape index (κ3) is 3.07. The molecule has 0 unspecified atom stereocenters. The summed E-state index contributed by atoms with van der Waals surface area (Å²) in [7, 11) is 0. The van der Waals surface area contributed by atoms with E-state index in [1.165, 1.54) is 5.56 Å². The number of rotatable bonds is 3. The molecule has 2 fully saturated rings. The molecule has 1 aromatic rings. The Hall–Kier alpha value is -1.61. The number of fused-ring (bicyclic) bond motifs is 1. The minimum atomic E-state index is 0.100. The zero-order valence-electron chi connectivity index (χ0n) is 13.7. The van der Waals surface area contributed by atoms with Crippen LogP contribution in [0.15, 0.2) is 42.5 Å². The molecule has 3 heteroatoms. The highest BCUT2D eigenvalue weighted by atomic mass is 16.2. The third-order valence-electron chi connectivity index (χ3n) is 5.81. The van der Waals surface area contributed by atoms with Crippen molar-refractivity contribution >= 4 is 5.91 Å². The SMILES string of the molecule is O=C([C@@H]1CCCN1Cc1ccccc1)N1C[C@H]2CC=CC[C@H]2C1. The normalized spacial score (nSPS) is 30.6. The molecule has 23 heavy (non-hydrogen) atoms. The lowest BCUT2D eigenvalue weighted by Crippen LogP contribution is -2.44. The molecule has 122 valence electrons. The maximum Gasteiger partial charge on any atom is 0.239 e. The lowest BCUT2D eigenvalue weighted by Gasteiger charge is -2.28.